The number of carbonyl (C=O) groups excluding carboxylic acids is 1. The first kappa shape index (κ1) is 14.6. The molecule has 1 aromatic heterocycles. The molecule has 2 rings (SSSR count). The molecule has 2 aromatic rings. The van der Waals surface area contributed by atoms with E-state index in [1.807, 2.05) is 44.6 Å². The minimum absolute atomic E-state index is 0.0361. The lowest BCUT2D eigenvalue weighted by molar-refractivity contribution is -0.123. The molecule has 0 atom stereocenters. The minimum Gasteiger partial charge on any atom is -0.350 e. The van der Waals surface area contributed by atoms with E-state index < -0.39 is 0 Å². The summed E-state index contributed by atoms with van der Waals surface area (Å²) in [5.74, 6) is 0.0361. The van der Waals surface area contributed by atoms with Gasteiger partial charge in [-0.05, 0) is 45.5 Å². The summed E-state index contributed by atoms with van der Waals surface area (Å²) in [6.45, 7) is 7.15. The first-order valence-electron chi connectivity index (χ1n) is 6.93. The van der Waals surface area contributed by atoms with Gasteiger partial charge >= 0.3 is 0 Å². The normalized spacial score (nSPS) is 11.8. The number of fused-ring (bicyclic) bond motifs is 1. The van der Waals surface area contributed by atoms with Crippen molar-refractivity contribution in [3.05, 3.63) is 36.0 Å². The zero-order chi connectivity index (χ0) is 14.8. The van der Waals surface area contributed by atoms with Gasteiger partial charge in [0.05, 0.1) is 0 Å². The molecule has 0 aliphatic heterocycles. The number of nitrogens with one attached hydrogen (secondary N) is 2. The van der Waals surface area contributed by atoms with Gasteiger partial charge in [0.2, 0.25) is 5.91 Å². The van der Waals surface area contributed by atoms with Crippen molar-refractivity contribution in [1.29, 1.82) is 0 Å². The molecule has 1 heterocycles. The Morgan fingerprint density at radius 2 is 2.00 bits per heavy atom. The third kappa shape index (κ3) is 3.39. The number of benzene rings is 1. The molecular weight excluding hydrogens is 250 g/mol. The average Bonchev–Trinajstić information content (AvgIpc) is 2.71. The fraction of sp³-hybridized carbons (Fsp3) is 0.438. The minimum atomic E-state index is -0.197. The van der Waals surface area contributed by atoms with Crippen molar-refractivity contribution < 1.29 is 4.79 Å². The molecule has 4 nitrogen and oxygen atoms in total. The van der Waals surface area contributed by atoms with Crippen molar-refractivity contribution in [3.63, 3.8) is 0 Å². The van der Waals surface area contributed by atoms with Gasteiger partial charge in [0.15, 0.2) is 0 Å². The largest absolute Gasteiger partial charge is 0.350 e. The molecule has 108 valence electrons. The highest BCUT2D eigenvalue weighted by molar-refractivity contribution is 5.86. The number of hydrogen-bond donors (Lipinski definition) is 2. The quantitative estimate of drug-likeness (QED) is 0.897. The van der Waals surface area contributed by atoms with E-state index in [0.717, 1.165) is 12.1 Å². The second-order valence-electron chi connectivity index (χ2n) is 6.12. The summed E-state index contributed by atoms with van der Waals surface area (Å²) in [5.41, 5.74) is 2.15. The first-order chi connectivity index (χ1) is 9.40. The van der Waals surface area contributed by atoms with Gasteiger partial charge in [-0.2, -0.15) is 0 Å². The van der Waals surface area contributed by atoms with Gasteiger partial charge in [0, 0.05) is 29.2 Å². The molecule has 4 heteroatoms. The second kappa shape index (κ2) is 5.67. The lowest BCUT2D eigenvalue weighted by Crippen LogP contribution is -2.42. The van der Waals surface area contributed by atoms with Crippen LogP contribution in [0.15, 0.2) is 30.5 Å². The Balaban J connectivity index is 2.24. The predicted octanol–water partition coefficient (Wildman–Crippen LogP) is 2.28. The van der Waals surface area contributed by atoms with Crippen LogP contribution >= 0.6 is 0 Å². The summed E-state index contributed by atoms with van der Waals surface area (Å²) in [5, 5.41) is 7.36. The van der Waals surface area contributed by atoms with Crippen LogP contribution in [0.5, 0.6) is 0 Å². The molecule has 1 aromatic carbocycles. The molecule has 0 radical (unpaired) electrons. The van der Waals surface area contributed by atoms with E-state index in [0.29, 0.717) is 6.54 Å². The Hall–Kier alpha value is -1.81. The van der Waals surface area contributed by atoms with Crippen LogP contribution in [0.25, 0.3) is 10.9 Å². The Morgan fingerprint density at radius 1 is 1.25 bits per heavy atom. The van der Waals surface area contributed by atoms with Crippen LogP contribution in [0.1, 0.15) is 26.3 Å². The zero-order valence-corrected chi connectivity index (χ0v) is 12.7. The van der Waals surface area contributed by atoms with Gasteiger partial charge in [0.25, 0.3) is 0 Å². The molecule has 0 unspecified atom stereocenters. The van der Waals surface area contributed by atoms with E-state index in [9.17, 15) is 4.79 Å². The number of hydrogen-bond acceptors (Lipinski definition) is 2. The van der Waals surface area contributed by atoms with Gasteiger partial charge in [-0.15, -0.1) is 0 Å². The zero-order valence-electron chi connectivity index (χ0n) is 12.7. The predicted molar refractivity (Wildman–Crippen MR) is 82.6 cm³/mol. The molecule has 0 bridgehead atoms. The molecule has 0 saturated carbocycles. The first-order valence-corrected chi connectivity index (χ1v) is 6.93. The maximum atomic E-state index is 12.0. The summed E-state index contributed by atoms with van der Waals surface area (Å²) < 4.78 is 2.00. The highest BCUT2D eigenvalue weighted by atomic mass is 16.2. The molecule has 0 fully saturated rings. The van der Waals surface area contributed by atoms with E-state index in [4.69, 9.17) is 0 Å². The Morgan fingerprint density at radius 3 is 2.65 bits per heavy atom. The Kier molecular flexibility index (Phi) is 4.14. The second-order valence-corrected chi connectivity index (χ2v) is 6.12. The van der Waals surface area contributed by atoms with Crippen LogP contribution in [0, 0.1) is 0 Å². The number of rotatable bonds is 4. The van der Waals surface area contributed by atoms with E-state index in [1.54, 1.807) is 0 Å². The fourth-order valence-electron chi connectivity index (χ4n) is 2.38. The van der Waals surface area contributed by atoms with Crippen LogP contribution in [0.2, 0.25) is 0 Å². The maximum absolute atomic E-state index is 12.0. The van der Waals surface area contributed by atoms with Crippen LogP contribution in [-0.2, 0) is 17.9 Å². The molecule has 0 aliphatic carbocycles. The van der Waals surface area contributed by atoms with E-state index in [-0.39, 0.29) is 11.4 Å². The van der Waals surface area contributed by atoms with Gasteiger partial charge in [-0.1, -0.05) is 12.1 Å². The Bertz CT molecular complexity index is 608. The van der Waals surface area contributed by atoms with Crippen molar-refractivity contribution >= 4 is 16.8 Å². The molecule has 0 saturated heterocycles. The van der Waals surface area contributed by atoms with E-state index in [1.165, 1.54) is 10.9 Å². The molecule has 0 aliphatic rings. The Labute approximate surface area is 120 Å². The third-order valence-corrected chi connectivity index (χ3v) is 3.10. The molecule has 20 heavy (non-hydrogen) atoms. The van der Waals surface area contributed by atoms with Crippen molar-refractivity contribution in [2.75, 3.05) is 7.05 Å². The standard InChI is InChI=1S/C16H23N3O/c1-16(2,3)18-15(20)11-19-9-8-13-12(10-17-4)6-5-7-14(13)19/h5-9,17H,10-11H2,1-4H3,(H,18,20). The summed E-state index contributed by atoms with van der Waals surface area (Å²) >= 11 is 0. The van der Waals surface area contributed by atoms with Crippen molar-refractivity contribution in [2.24, 2.45) is 0 Å². The van der Waals surface area contributed by atoms with Crippen molar-refractivity contribution in [3.8, 4) is 0 Å². The topological polar surface area (TPSA) is 46.1 Å². The molecule has 1 amide bonds. The summed E-state index contributed by atoms with van der Waals surface area (Å²) in [4.78, 5) is 12.0. The maximum Gasteiger partial charge on any atom is 0.240 e. The van der Waals surface area contributed by atoms with Gasteiger partial charge < -0.3 is 15.2 Å². The van der Waals surface area contributed by atoms with E-state index in [2.05, 4.69) is 28.8 Å². The lowest BCUT2D eigenvalue weighted by Gasteiger charge is -2.20. The summed E-state index contributed by atoms with van der Waals surface area (Å²) in [6, 6.07) is 8.27. The number of carbonyl (C=O) groups is 1. The molecule has 0 spiro atoms. The van der Waals surface area contributed by atoms with Gasteiger partial charge in [-0.25, -0.2) is 0 Å². The third-order valence-electron chi connectivity index (χ3n) is 3.10. The molecular formula is C16H23N3O. The summed E-state index contributed by atoms with van der Waals surface area (Å²) in [7, 11) is 1.94. The number of nitrogens with zero attached hydrogens (tertiary/aromatic N) is 1. The highest BCUT2D eigenvalue weighted by Crippen LogP contribution is 2.20. The van der Waals surface area contributed by atoms with Crippen LogP contribution < -0.4 is 10.6 Å². The van der Waals surface area contributed by atoms with Crippen molar-refractivity contribution in [1.82, 2.24) is 15.2 Å². The highest BCUT2D eigenvalue weighted by Gasteiger charge is 2.14. The summed E-state index contributed by atoms with van der Waals surface area (Å²) in [6.07, 6.45) is 1.98. The fourth-order valence-corrected chi connectivity index (χ4v) is 2.38. The number of aromatic nitrogens is 1. The van der Waals surface area contributed by atoms with E-state index >= 15 is 0 Å². The smallest absolute Gasteiger partial charge is 0.240 e. The van der Waals surface area contributed by atoms with Gasteiger partial charge in [0.1, 0.15) is 6.54 Å². The van der Waals surface area contributed by atoms with Crippen LogP contribution in [0.3, 0.4) is 0 Å². The van der Waals surface area contributed by atoms with Crippen LogP contribution in [0.4, 0.5) is 0 Å². The van der Waals surface area contributed by atoms with Crippen molar-refractivity contribution in [2.45, 2.75) is 39.4 Å². The van der Waals surface area contributed by atoms with Gasteiger partial charge in [-0.3, -0.25) is 4.79 Å². The molecule has 2 N–H and O–H groups in total. The van der Waals surface area contributed by atoms with Crippen LogP contribution in [-0.4, -0.2) is 23.1 Å². The number of amides is 1. The lowest BCUT2D eigenvalue weighted by atomic mass is 10.1. The average molecular weight is 273 g/mol. The SMILES string of the molecule is CNCc1cccc2c1ccn2CC(=O)NC(C)(C)C. The monoisotopic (exact) mass is 273 g/mol.